The molecule has 0 bridgehead atoms. The Balaban J connectivity index is 2.51. The Hall–Kier alpha value is -1.65. The second-order valence-electron chi connectivity index (χ2n) is 3.23. The molecule has 2 N–H and O–H groups in total. The van der Waals surface area contributed by atoms with Crippen molar-refractivity contribution < 1.29 is 8.78 Å². The number of nitrogens with one attached hydrogen (secondary N) is 2. The van der Waals surface area contributed by atoms with E-state index in [1.165, 1.54) is 6.07 Å². The quantitative estimate of drug-likeness (QED) is 0.603. The van der Waals surface area contributed by atoms with E-state index >= 15 is 0 Å². The molecule has 0 heterocycles. The van der Waals surface area contributed by atoms with Crippen LogP contribution < -0.4 is 10.6 Å². The molecule has 88 valence electrons. The Labute approximate surface area is 93.6 Å². The zero-order valence-corrected chi connectivity index (χ0v) is 9.35. The molecule has 1 rings (SSSR count). The van der Waals surface area contributed by atoms with Gasteiger partial charge in [0.2, 0.25) is 0 Å². The Morgan fingerprint density at radius 3 is 2.75 bits per heavy atom. The molecule has 0 saturated heterocycles. The summed E-state index contributed by atoms with van der Waals surface area (Å²) in [7, 11) is 3.37. The van der Waals surface area contributed by atoms with Gasteiger partial charge >= 0.3 is 0 Å². The number of nitrogens with zero attached hydrogens (tertiary/aromatic N) is 1. The van der Waals surface area contributed by atoms with Gasteiger partial charge in [0.1, 0.15) is 11.6 Å². The number of aliphatic imine (C=N–C) groups is 1. The highest BCUT2D eigenvalue weighted by Gasteiger charge is 2.03. The van der Waals surface area contributed by atoms with E-state index in [9.17, 15) is 8.78 Å². The Morgan fingerprint density at radius 2 is 2.12 bits per heavy atom. The van der Waals surface area contributed by atoms with Crippen molar-refractivity contribution in [2.75, 3.05) is 20.6 Å². The maximum absolute atomic E-state index is 13.2. The van der Waals surface area contributed by atoms with E-state index in [1.54, 1.807) is 14.1 Å². The number of benzene rings is 1. The van der Waals surface area contributed by atoms with Gasteiger partial charge in [0.15, 0.2) is 5.96 Å². The highest BCUT2D eigenvalue weighted by Crippen LogP contribution is 2.09. The minimum Gasteiger partial charge on any atom is -0.359 e. The number of halogens is 2. The lowest BCUT2D eigenvalue weighted by atomic mass is 10.1. The summed E-state index contributed by atoms with van der Waals surface area (Å²) in [5, 5.41) is 5.80. The summed E-state index contributed by atoms with van der Waals surface area (Å²) in [5.41, 5.74) is 0.360. The topological polar surface area (TPSA) is 36.4 Å². The SMILES string of the molecule is CN=C(NC)NCCc1cc(F)ccc1F. The third kappa shape index (κ3) is 3.49. The molecule has 0 aromatic heterocycles. The van der Waals surface area contributed by atoms with E-state index < -0.39 is 5.82 Å². The van der Waals surface area contributed by atoms with Crippen LogP contribution in [0.15, 0.2) is 23.2 Å². The Bertz CT molecular complexity index is 377. The minimum absolute atomic E-state index is 0.360. The van der Waals surface area contributed by atoms with E-state index in [0.717, 1.165) is 12.1 Å². The van der Waals surface area contributed by atoms with Gasteiger partial charge in [-0.3, -0.25) is 4.99 Å². The zero-order valence-electron chi connectivity index (χ0n) is 9.35. The normalized spacial score (nSPS) is 11.4. The molecule has 0 atom stereocenters. The van der Waals surface area contributed by atoms with E-state index in [-0.39, 0.29) is 5.82 Å². The largest absolute Gasteiger partial charge is 0.359 e. The van der Waals surface area contributed by atoms with E-state index in [4.69, 9.17) is 0 Å². The number of rotatable bonds is 3. The molecule has 0 unspecified atom stereocenters. The summed E-state index contributed by atoms with van der Waals surface area (Å²) < 4.78 is 26.1. The average Bonchev–Trinajstić information content (AvgIpc) is 2.29. The minimum atomic E-state index is -0.422. The molecular weight excluding hydrogens is 212 g/mol. The summed E-state index contributed by atoms with van der Waals surface area (Å²) >= 11 is 0. The van der Waals surface area contributed by atoms with Gasteiger partial charge in [-0.05, 0) is 30.2 Å². The molecule has 1 aromatic rings. The Kier molecular flexibility index (Phi) is 4.69. The number of guanidine groups is 1. The molecule has 0 saturated carbocycles. The van der Waals surface area contributed by atoms with Crippen LogP contribution in [0.3, 0.4) is 0 Å². The van der Waals surface area contributed by atoms with Gasteiger partial charge in [0.05, 0.1) is 0 Å². The van der Waals surface area contributed by atoms with Crippen LogP contribution in [0.2, 0.25) is 0 Å². The third-order valence-corrected chi connectivity index (χ3v) is 2.15. The van der Waals surface area contributed by atoms with Gasteiger partial charge in [0, 0.05) is 20.6 Å². The lowest BCUT2D eigenvalue weighted by Gasteiger charge is -2.08. The van der Waals surface area contributed by atoms with E-state index in [2.05, 4.69) is 15.6 Å². The fraction of sp³-hybridized carbons (Fsp3) is 0.364. The second kappa shape index (κ2) is 6.05. The summed E-state index contributed by atoms with van der Waals surface area (Å²) in [6.07, 6.45) is 0.407. The number of hydrogen-bond acceptors (Lipinski definition) is 1. The van der Waals surface area contributed by atoms with Gasteiger partial charge in [-0.15, -0.1) is 0 Å². The molecular formula is C11H15F2N3. The van der Waals surface area contributed by atoms with Gasteiger partial charge in [-0.25, -0.2) is 8.78 Å². The molecule has 16 heavy (non-hydrogen) atoms. The van der Waals surface area contributed by atoms with Crippen molar-refractivity contribution in [2.45, 2.75) is 6.42 Å². The summed E-state index contributed by atoms with van der Waals surface area (Å²) in [5.74, 6) is -0.186. The first-order chi connectivity index (χ1) is 7.67. The molecule has 0 aliphatic heterocycles. The summed E-state index contributed by atoms with van der Waals surface area (Å²) in [6, 6.07) is 3.45. The van der Waals surface area contributed by atoms with Crippen molar-refractivity contribution in [3.8, 4) is 0 Å². The number of hydrogen-bond donors (Lipinski definition) is 2. The van der Waals surface area contributed by atoms with Crippen LogP contribution in [0, 0.1) is 11.6 Å². The fourth-order valence-corrected chi connectivity index (χ4v) is 1.33. The van der Waals surface area contributed by atoms with Crippen molar-refractivity contribution in [1.29, 1.82) is 0 Å². The maximum Gasteiger partial charge on any atom is 0.190 e. The van der Waals surface area contributed by atoms with Gasteiger partial charge in [-0.1, -0.05) is 0 Å². The first kappa shape index (κ1) is 12.4. The summed E-state index contributed by atoms with van der Waals surface area (Å²) in [6.45, 7) is 0.494. The van der Waals surface area contributed by atoms with Crippen LogP contribution in [-0.4, -0.2) is 26.6 Å². The highest BCUT2D eigenvalue weighted by atomic mass is 19.1. The van der Waals surface area contributed by atoms with Crippen LogP contribution in [0.1, 0.15) is 5.56 Å². The molecule has 0 spiro atoms. The van der Waals surface area contributed by atoms with Gasteiger partial charge in [0.25, 0.3) is 0 Å². The Morgan fingerprint density at radius 1 is 1.38 bits per heavy atom. The monoisotopic (exact) mass is 227 g/mol. The molecule has 0 amide bonds. The van der Waals surface area contributed by atoms with E-state index in [1.807, 2.05) is 0 Å². The highest BCUT2D eigenvalue weighted by molar-refractivity contribution is 5.79. The van der Waals surface area contributed by atoms with Crippen LogP contribution in [0.4, 0.5) is 8.78 Å². The molecule has 0 fully saturated rings. The van der Waals surface area contributed by atoms with Crippen molar-refractivity contribution in [3.63, 3.8) is 0 Å². The first-order valence-corrected chi connectivity index (χ1v) is 4.99. The molecule has 5 heteroatoms. The lowest BCUT2D eigenvalue weighted by Crippen LogP contribution is -2.35. The predicted octanol–water partition coefficient (Wildman–Crippen LogP) is 1.30. The lowest BCUT2D eigenvalue weighted by molar-refractivity contribution is 0.583. The van der Waals surface area contributed by atoms with Crippen molar-refractivity contribution in [2.24, 2.45) is 4.99 Å². The molecule has 1 aromatic carbocycles. The van der Waals surface area contributed by atoms with Crippen LogP contribution >= 0.6 is 0 Å². The van der Waals surface area contributed by atoms with Gasteiger partial charge < -0.3 is 10.6 Å². The molecule has 0 aliphatic rings. The smallest absolute Gasteiger partial charge is 0.190 e. The third-order valence-electron chi connectivity index (χ3n) is 2.15. The predicted molar refractivity (Wildman–Crippen MR) is 60.5 cm³/mol. The fourth-order valence-electron chi connectivity index (χ4n) is 1.33. The van der Waals surface area contributed by atoms with Crippen LogP contribution in [-0.2, 0) is 6.42 Å². The first-order valence-electron chi connectivity index (χ1n) is 4.99. The molecule has 0 aliphatic carbocycles. The summed E-state index contributed by atoms with van der Waals surface area (Å²) in [4.78, 5) is 3.90. The zero-order chi connectivity index (χ0) is 12.0. The standard InChI is InChI=1S/C11H15F2N3/c1-14-11(15-2)16-6-5-8-7-9(12)3-4-10(8)13/h3-4,7H,5-6H2,1-2H3,(H2,14,15,16). The molecule has 0 radical (unpaired) electrons. The molecule has 3 nitrogen and oxygen atoms in total. The van der Waals surface area contributed by atoms with Crippen molar-refractivity contribution in [3.05, 3.63) is 35.4 Å². The van der Waals surface area contributed by atoms with Crippen molar-refractivity contribution >= 4 is 5.96 Å². The maximum atomic E-state index is 13.2. The van der Waals surface area contributed by atoms with Crippen molar-refractivity contribution in [1.82, 2.24) is 10.6 Å². The van der Waals surface area contributed by atoms with Crippen LogP contribution in [0.25, 0.3) is 0 Å². The average molecular weight is 227 g/mol. The second-order valence-corrected chi connectivity index (χ2v) is 3.23. The van der Waals surface area contributed by atoms with E-state index in [0.29, 0.717) is 24.5 Å². The van der Waals surface area contributed by atoms with Gasteiger partial charge in [-0.2, -0.15) is 0 Å². The van der Waals surface area contributed by atoms with Crippen LogP contribution in [0.5, 0.6) is 0 Å².